The molecule has 0 saturated heterocycles. The highest BCUT2D eigenvalue weighted by Gasteiger charge is 2.14. The summed E-state index contributed by atoms with van der Waals surface area (Å²) < 4.78 is 28.5. The van der Waals surface area contributed by atoms with E-state index in [-0.39, 0.29) is 19.2 Å². The van der Waals surface area contributed by atoms with E-state index in [0.29, 0.717) is 23.0 Å². The van der Waals surface area contributed by atoms with Gasteiger partial charge >= 0.3 is 0 Å². The number of fused-ring (bicyclic) bond motifs is 1. The van der Waals surface area contributed by atoms with E-state index in [4.69, 9.17) is 14.2 Å². The molecule has 0 spiro atoms. The topological polar surface area (TPSA) is 69.2 Å². The molecule has 1 aliphatic rings. The maximum Gasteiger partial charge on any atom is 0.277 e. The molecule has 0 aliphatic carbocycles. The number of rotatable bonds is 5. The molecule has 0 bridgehead atoms. The number of nitrogens with one attached hydrogen (secondary N) is 1. The molecule has 0 aromatic heterocycles. The fourth-order valence-electron chi connectivity index (χ4n) is 2.04. The Hall–Kier alpha value is -3.09. The van der Waals surface area contributed by atoms with Crippen LogP contribution in [-0.2, 0) is 4.79 Å². The molecule has 0 unspecified atom stereocenters. The third kappa shape index (κ3) is 3.81. The van der Waals surface area contributed by atoms with Crippen LogP contribution in [0.15, 0.2) is 47.6 Å². The van der Waals surface area contributed by atoms with E-state index >= 15 is 0 Å². The Labute approximate surface area is 137 Å². The lowest BCUT2D eigenvalue weighted by molar-refractivity contribution is -0.123. The Bertz CT molecular complexity index is 775. The highest BCUT2D eigenvalue weighted by molar-refractivity contribution is 5.99. The minimum atomic E-state index is -0.417. The largest absolute Gasteiger partial charge is 0.484 e. The second kappa shape index (κ2) is 6.99. The summed E-state index contributed by atoms with van der Waals surface area (Å²) in [6.07, 6.45) is 0. The van der Waals surface area contributed by atoms with Crippen molar-refractivity contribution in [3.05, 3.63) is 53.8 Å². The zero-order chi connectivity index (χ0) is 16.9. The van der Waals surface area contributed by atoms with E-state index in [1.807, 2.05) is 6.07 Å². The summed E-state index contributed by atoms with van der Waals surface area (Å²) in [5.74, 6) is 0.953. The predicted molar refractivity (Wildman–Crippen MR) is 84.8 cm³/mol. The average Bonchev–Trinajstić information content (AvgIpc) is 3.06. The zero-order valence-corrected chi connectivity index (χ0v) is 12.9. The highest BCUT2D eigenvalue weighted by Crippen LogP contribution is 2.32. The molecule has 6 nitrogen and oxygen atoms in total. The Kier molecular flexibility index (Phi) is 4.60. The number of hydrogen-bond donors (Lipinski definition) is 1. The van der Waals surface area contributed by atoms with Gasteiger partial charge in [0.05, 0.1) is 5.71 Å². The summed E-state index contributed by atoms with van der Waals surface area (Å²) in [4.78, 5) is 11.7. The molecular formula is C17H15FN2O4. The molecule has 0 fully saturated rings. The van der Waals surface area contributed by atoms with Crippen LogP contribution in [0.2, 0.25) is 0 Å². The fraction of sp³-hybridized carbons (Fsp3) is 0.176. The van der Waals surface area contributed by atoms with E-state index in [1.54, 1.807) is 19.1 Å². The number of carbonyl (C=O) groups excluding carboxylic acids is 1. The molecule has 7 heteroatoms. The molecule has 1 N–H and O–H groups in total. The average molecular weight is 330 g/mol. The van der Waals surface area contributed by atoms with Gasteiger partial charge < -0.3 is 14.2 Å². The van der Waals surface area contributed by atoms with Gasteiger partial charge in [-0.25, -0.2) is 9.82 Å². The van der Waals surface area contributed by atoms with Crippen molar-refractivity contribution in [1.82, 2.24) is 5.43 Å². The fourth-order valence-corrected chi connectivity index (χ4v) is 2.04. The van der Waals surface area contributed by atoms with Gasteiger partial charge in [0.25, 0.3) is 5.91 Å². The van der Waals surface area contributed by atoms with E-state index < -0.39 is 5.91 Å². The summed E-state index contributed by atoms with van der Waals surface area (Å²) in [5.41, 5.74) is 3.83. The Morgan fingerprint density at radius 1 is 1.21 bits per heavy atom. The first-order valence-electron chi connectivity index (χ1n) is 7.23. The van der Waals surface area contributed by atoms with Crippen LogP contribution in [-0.4, -0.2) is 25.0 Å². The quantitative estimate of drug-likeness (QED) is 0.675. The van der Waals surface area contributed by atoms with E-state index in [0.717, 1.165) is 5.56 Å². The molecule has 1 amide bonds. The molecular weight excluding hydrogens is 315 g/mol. The summed E-state index contributed by atoms with van der Waals surface area (Å²) in [6.45, 7) is 1.74. The van der Waals surface area contributed by atoms with Gasteiger partial charge in [-0.2, -0.15) is 5.10 Å². The van der Waals surface area contributed by atoms with Crippen LogP contribution in [0.4, 0.5) is 4.39 Å². The van der Waals surface area contributed by atoms with Gasteiger partial charge in [-0.1, -0.05) is 0 Å². The van der Waals surface area contributed by atoms with Crippen molar-refractivity contribution >= 4 is 11.6 Å². The third-order valence-electron chi connectivity index (χ3n) is 3.32. The zero-order valence-electron chi connectivity index (χ0n) is 12.9. The number of nitrogens with zero attached hydrogens (tertiary/aromatic N) is 1. The Morgan fingerprint density at radius 3 is 2.75 bits per heavy atom. The van der Waals surface area contributed by atoms with Crippen LogP contribution in [0.3, 0.4) is 0 Å². The van der Waals surface area contributed by atoms with Crippen molar-refractivity contribution in [2.75, 3.05) is 13.4 Å². The number of amides is 1. The van der Waals surface area contributed by atoms with Crippen molar-refractivity contribution in [2.45, 2.75) is 6.92 Å². The van der Waals surface area contributed by atoms with Crippen molar-refractivity contribution < 1.29 is 23.4 Å². The van der Waals surface area contributed by atoms with Crippen molar-refractivity contribution in [3.63, 3.8) is 0 Å². The summed E-state index contributed by atoms with van der Waals surface area (Å²) in [5, 5.41) is 4.03. The lowest BCUT2D eigenvalue weighted by Crippen LogP contribution is -2.25. The minimum absolute atomic E-state index is 0.201. The third-order valence-corrected chi connectivity index (χ3v) is 3.32. The van der Waals surface area contributed by atoms with Crippen molar-refractivity contribution in [1.29, 1.82) is 0 Å². The van der Waals surface area contributed by atoms with Gasteiger partial charge in [-0.05, 0) is 49.4 Å². The minimum Gasteiger partial charge on any atom is -0.484 e. The van der Waals surface area contributed by atoms with E-state index in [2.05, 4.69) is 10.5 Å². The van der Waals surface area contributed by atoms with Gasteiger partial charge in [-0.15, -0.1) is 0 Å². The molecule has 3 rings (SSSR count). The Balaban J connectivity index is 1.54. The lowest BCUT2D eigenvalue weighted by atomic mass is 10.1. The smallest absolute Gasteiger partial charge is 0.277 e. The first-order valence-corrected chi connectivity index (χ1v) is 7.23. The summed E-state index contributed by atoms with van der Waals surface area (Å²) >= 11 is 0. The maximum atomic E-state index is 12.8. The molecule has 1 heterocycles. The Morgan fingerprint density at radius 2 is 1.96 bits per heavy atom. The molecule has 2 aromatic carbocycles. The first kappa shape index (κ1) is 15.8. The predicted octanol–water partition coefficient (Wildman–Crippen LogP) is 2.47. The molecule has 1 aliphatic heterocycles. The number of ether oxygens (including phenoxy) is 3. The number of carbonyl (C=O) groups is 1. The van der Waals surface area contributed by atoms with E-state index in [9.17, 15) is 9.18 Å². The maximum absolute atomic E-state index is 12.8. The highest BCUT2D eigenvalue weighted by atomic mass is 19.1. The van der Waals surface area contributed by atoms with Gasteiger partial charge in [0.1, 0.15) is 11.6 Å². The van der Waals surface area contributed by atoms with Gasteiger partial charge in [-0.3, -0.25) is 4.79 Å². The number of hydrazone groups is 1. The second-order valence-electron chi connectivity index (χ2n) is 5.04. The molecule has 124 valence electrons. The molecule has 0 atom stereocenters. The second-order valence-corrected chi connectivity index (χ2v) is 5.04. The first-order chi connectivity index (χ1) is 11.6. The van der Waals surface area contributed by atoms with Crippen LogP contribution in [0, 0.1) is 5.82 Å². The van der Waals surface area contributed by atoms with Crippen LogP contribution < -0.4 is 19.6 Å². The van der Waals surface area contributed by atoms with Crippen LogP contribution in [0.5, 0.6) is 17.2 Å². The van der Waals surface area contributed by atoms with Crippen LogP contribution in [0.1, 0.15) is 12.5 Å². The van der Waals surface area contributed by atoms with Gasteiger partial charge in [0.15, 0.2) is 18.1 Å². The number of hydrogen-bond acceptors (Lipinski definition) is 5. The van der Waals surface area contributed by atoms with Crippen LogP contribution >= 0.6 is 0 Å². The molecule has 0 radical (unpaired) electrons. The van der Waals surface area contributed by atoms with Crippen molar-refractivity contribution in [2.24, 2.45) is 5.10 Å². The van der Waals surface area contributed by atoms with E-state index in [1.165, 1.54) is 24.3 Å². The molecule has 2 aromatic rings. The summed E-state index contributed by atoms with van der Waals surface area (Å²) in [6, 6.07) is 10.8. The normalized spacial score (nSPS) is 12.8. The lowest BCUT2D eigenvalue weighted by Gasteiger charge is -2.06. The standard InChI is InChI=1S/C17H15FN2O4/c1-11(12-2-7-15-16(8-12)24-10-23-15)19-20-17(21)9-22-14-5-3-13(18)4-6-14/h2-8H,9-10H2,1H3,(H,20,21)/b19-11-. The van der Waals surface area contributed by atoms with Crippen molar-refractivity contribution in [3.8, 4) is 17.2 Å². The SMILES string of the molecule is C/C(=N/NC(=O)COc1ccc(F)cc1)c1ccc2c(c1)OCO2. The van der Waals surface area contributed by atoms with Crippen LogP contribution in [0.25, 0.3) is 0 Å². The monoisotopic (exact) mass is 330 g/mol. The molecule has 0 saturated carbocycles. The number of benzene rings is 2. The summed E-state index contributed by atoms with van der Waals surface area (Å²) in [7, 11) is 0. The molecule has 24 heavy (non-hydrogen) atoms. The number of halogens is 1. The van der Waals surface area contributed by atoms with Gasteiger partial charge in [0, 0.05) is 5.56 Å². The van der Waals surface area contributed by atoms with Gasteiger partial charge in [0.2, 0.25) is 6.79 Å².